The SMILES string of the molecule is C=C1C2CCC3(OCCO3)[C@]2(C)CC[C@H]1O. The van der Waals surface area contributed by atoms with Crippen molar-refractivity contribution < 1.29 is 14.6 Å². The second kappa shape index (κ2) is 3.31. The van der Waals surface area contributed by atoms with Crippen LogP contribution in [0, 0.1) is 11.3 Å². The summed E-state index contributed by atoms with van der Waals surface area (Å²) in [6.07, 6.45) is 3.42. The van der Waals surface area contributed by atoms with Crippen LogP contribution >= 0.6 is 0 Å². The topological polar surface area (TPSA) is 38.7 Å². The molecule has 1 heterocycles. The van der Waals surface area contributed by atoms with E-state index in [0.29, 0.717) is 19.1 Å². The van der Waals surface area contributed by atoms with Gasteiger partial charge in [0.15, 0.2) is 5.79 Å². The number of aliphatic hydroxyl groups is 1. The maximum Gasteiger partial charge on any atom is 0.174 e. The van der Waals surface area contributed by atoms with Crippen LogP contribution in [0.25, 0.3) is 0 Å². The standard InChI is InChI=1S/C13H20O3/c1-9-10-3-6-13(15-7-8-16-13)12(10,2)5-4-11(9)14/h10-11,14H,1,3-8H2,2H3/t10?,11-,12-/m1/s1. The van der Waals surface area contributed by atoms with Gasteiger partial charge in [0.25, 0.3) is 0 Å². The van der Waals surface area contributed by atoms with Crippen LogP contribution in [0.1, 0.15) is 32.6 Å². The Morgan fingerprint density at radius 1 is 1.25 bits per heavy atom. The molecule has 1 saturated heterocycles. The molecule has 0 aromatic heterocycles. The fourth-order valence-corrected chi connectivity index (χ4v) is 3.95. The van der Waals surface area contributed by atoms with E-state index in [1.54, 1.807) is 0 Å². The highest BCUT2D eigenvalue weighted by atomic mass is 16.7. The van der Waals surface area contributed by atoms with Gasteiger partial charge in [0, 0.05) is 11.8 Å². The first kappa shape index (κ1) is 10.8. The second-order valence-corrected chi connectivity index (χ2v) is 5.59. The van der Waals surface area contributed by atoms with Gasteiger partial charge in [-0.25, -0.2) is 0 Å². The summed E-state index contributed by atoms with van der Waals surface area (Å²) in [4.78, 5) is 0. The van der Waals surface area contributed by atoms with E-state index in [0.717, 1.165) is 31.3 Å². The first-order valence-electron chi connectivity index (χ1n) is 6.24. The van der Waals surface area contributed by atoms with E-state index in [1.807, 2.05) is 0 Å². The van der Waals surface area contributed by atoms with Gasteiger partial charge in [-0.1, -0.05) is 13.5 Å². The molecule has 2 aliphatic carbocycles. The normalized spacial score (nSPS) is 46.2. The number of hydrogen-bond donors (Lipinski definition) is 1. The molecule has 1 aliphatic heterocycles. The first-order valence-corrected chi connectivity index (χ1v) is 6.24. The van der Waals surface area contributed by atoms with Crippen LogP contribution in [0.15, 0.2) is 12.2 Å². The number of rotatable bonds is 0. The lowest BCUT2D eigenvalue weighted by Crippen LogP contribution is -2.49. The Labute approximate surface area is 96.4 Å². The fourth-order valence-electron chi connectivity index (χ4n) is 3.95. The Hall–Kier alpha value is -0.380. The Kier molecular flexibility index (Phi) is 2.23. The molecule has 2 saturated carbocycles. The zero-order valence-corrected chi connectivity index (χ0v) is 9.87. The summed E-state index contributed by atoms with van der Waals surface area (Å²) in [6, 6.07) is 0. The van der Waals surface area contributed by atoms with Crippen LogP contribution in [0.2, 0.25) is 0 Å². The summed E-state index contributed by atoms with van der Waals surface area (Å²) in [5.74, 6) is -0.0323. The first-order chi connectivity index (χ1) is 7.59. The molecule has 1 spiro atoms. The molecular formula is C13H20O3. The van der Waals surface area contributed by atoms with Crippen LogP contribution in [0.5, 0.6) is 0 Å². The molecular weight excluding hydrogens is 204 g/mol. The molecule has 0 radical (unpaired) electrons. The minimum absolute atomic E-state index is 0.0137. The number of ether oxygens (including phenoxy) is 2. The summed E-state index contributed by atoms with van der Waals surface area (Å²) in [6.45, 7) is 7.73. The van der Waals surface area contributed by atoms with Gasteiger partial charge in [-0.3, -0.25) is 0 Å². The van der Waals surface area contributed by atoms with Gasteiger partial charge in [0.1, 0.15) is 0 Å². The van der Waals surface area contributed by atoms with Gasteiger partial charge in [-0.15, -0.1) is 0 Å². The van der Waals surface area contributed by atoms with Crippen molar-refractivity contribution in [3.8, 4) is 0 Å². The van der Waals surface area contributed by atoms with Crippen molar-refractivity contribution in [3.05, 3.63) is 12.2 Å². The van der Waals surface area contributed by atoms with E-state index in [4.69, 9.17) is 9.47 Å². The number of hydrogen-bond acceptors (Lipinski definition) is 3. The lowest BCUT2D eigenvalue weighted by molar-refractivity contribution is -0.229. The molecule has 0 amide bonds. The molecule has 3 rings (SSSR count). The van der Waals surface area contributed by atoms with Crippen LogP contribution in [0.3, 0.4) is 0 Å². The van der Waals surface area contributed by atoms with Gasteiger partial charge in [0.2, 0.25) is 0 Å². The molecule has 3 nitrogen and oxygen atoms in total. The van der Waals surface area contributed by atoms with E-state index in [2.05, 4.69) is 13.5 Å². The summed E-state index contributed by atoms with van der Waals surface area (Å²) in [5, 5.41) is 9.89. The molecule has 0 aromatic carbocycles. The van der Waals surface area contributed by atoms with Crippen LogP contribution in [0.4, 0.5) is 0 Å². The van der Waals surface area contributed by atoms with E-state index in [1.165, 1.54) is 0 Å². The molecule has 0 bridgehead atoms. The second-order valence-electron chi connectivity index (χ2n) is 5.59. The van der Waals surface area contributed by atoms with Gasteiger partial charge < -0.3 is 14.6 Å². The van der Waals surface area contributed by atoms with Gasteiger partial charge in [-0.2, -0.15) is 0 Å². The van der Waals surface area contributed by atoms with Crippen molar-refractivity contribution in [2.45, 2.75) is 44.5 Å². The third-order valence-electron chi connectivity index (χ3n) is 4.97. The fraction of sp³-hybridized carbons (Fsp3) is 0.846. The van der Waals surface area contributed by atoms with Gasteiger partial charge >= 0.3 is 0 Å². The largest absolute Gasteiger partial charge is 0.389 e. The van der Waals surface area contributed by atoms with E-state index in [9.17, 15) is 5.11 Å². The van der Waals surface area contributed by atoms with E-state index < -0.39 is 0 Å². The van der Waals surface area contributed by atoms with Crippen LogP contribution < -0.4 is 0 Å². The maximum absolute atomic E-state index is 9.89. The van der Waals surface area contributed by atoms with Gasteiger partial charge in [-0.05, 0) is 30.8 Å². The third kappa shape index (κ3) is 1.14. The van der Waals surface area contributed by atoms with Gasteiger partial charge in [0.05, 0.1) is 19.3 Å². The third-order valence-corrected chi connectivity index (χ3v) is 4.97. The monoisotopic (exact) mass is 224 g/mol. The summed E-state index contributed by atoms with van der Waals surface area (Å²) >= 11 is 0. The highest BCUT2D eigenvalue weighted by Gasteiger charge is 2.63. The quantitative estimate of drug-likeness (QED) is 0.638. The zero-order chi connectivity index (χ0) is 11.4. The lowest BCUT2D eigenvalue weighted by atomic mass is 9.64. The van der Waals surface area contributed by atoms with Crippen molar-refractivity contribution >= 4 is 0 Å². The molecule has 16 heavy (non-hydrogen) atoms. The smallest absolute Gasteiger partial charge is 0.174 e. The van der Waals surface area contributed by atoms with Crippen molar-refractivity contribution in [2.24, 2.45) is 11.3 Å². The molecule has 90 valence electrons. The highest BCUT2D eigenvalue weighted by molar-refractivity contribution is 5.22. The Morgan fingerprint density at radius 3 is 2.62 bits per heavy atom. The Bertz CT molecular complexity index is 319. The van der Waals surface area contributed by atoms with E-state index in [-0.39, 0.29) is 17.3 Å². The Balaban J connectivity index is 1.96. The predicted molar refractivity (Wildman–Crippen MR) is 59.8 cm³/mol. The minimum atomic E-state index is -0.388. The average molecular weight is 224 g/mol. The Morgan fingerprint density at radius 2 is 1.94 bits per heavy atom. The van der Waals surface area contributed by atoms with E-state index >= 15 is 0 Å². The van der Waals surface area contributed by atoms with Crippen molar-refractivity contribution in [2.75, 3.05) is 13.2 Å². The van der Waals surface area contributed by atoms with Crippen molar-refractivity contribution in [1.29, 1.82) is 0 Å². The molecule has 3 heteroatoms. The predicted octanol–water partition coefficient (Wildman–Crippen LogP) is 1.86. The lowest BCUT2D eigenvalue weighted by Gasteiger charge is -2.47. The average Bonchev–Trinajstić information content (AvgIpc) is 2.84. The highest BCUT2D eigenvalue weighted by Crippen LogP contribution is 2.61. The van der Waals surface area contributed by atoms with Crippen molar-refractivity contribution in [3.63, 3.8) is 0 Å². The van der Waals surface area contributed by atoms with Crippen molar-refractivity contribution in [1.82, 2.24) is 0 Å². The van der Waals surface area contributed by atoms with Crippen LogP contribution in [-0.2, 0) is 9.47 Å². The maximum atomic E-state index is 9.89. The molecule has 3 atom stereocenters. The zero-order valence-electron chi connectivity index (χ0n) is 9.87. The molecule has 3 aliphatic rings. The minimum Gasteiger partial charge on any atom is -0.389 e. The summed E-state index contributed by atoms with van der Waals surface area (Å²) in [7, 11) is 0. The summed E-state index contributed by atoms with van der Waals surface area (Å²) in [5.41, 5.74) is 1.00. The molecule has 1 N–H and O–H groups in total. The number of fused-ring (bicyclic) bond motifs is 2. The summed E-state index contributed by atoms with van der Waals surface area (Å²) < 4.78 is 11.8. The molecule has 0 aromatic rings. The van der Waals surface area contributed by atoms with Crippen LogP contribution in [-0.4, -0.2) is 30.2 Å². The molecule has 1 unspecified atom stereocenters. The number of aliphatic hydroxyl groups excluding tert-OH is 1. The molecule has 3 fully saturated rings.